The zero-order chi connectivity index (χ0) is 11.5. The Morgan fingerprint density at radius 1 is 1.44 bits per heavy atom. The number of carbonyl (C=O) groups excluding carboxylic acids is 1. The average Bonchev–Trinajstić information content (AvgIpc) is 3.01. The van der Waals surface area contributed by atoms with Crippen molar-refractivity contribution in [1.29, 1.82) is 0 Å². The maximum absolute atomic E-state index is 11.5. The van der Waals surface area contributed by atoms with Crippen molar-refractivity contribution in [2.45, 2.75) is 25.0 Å². The SMILES string of the molecule is O=C(CN1CCOC(C(=O)O)C1)NC1CC1. The number of rotatable bonds is 4. The van der Waals surface area contributed by atoms with Crippen molar-refractivity contribution in [2.75, 3.05) is 26.2 Å². The summed E-state index contributed by atoms with van der Waals surface area (Å²) >= 11 is 0. The van der Waals surface area contributed by atoms with E-state index in [1.165, 1.54) is 0 Å². The predicted octanol–water partition coefficient (Wildman–Crippen LogP) is -0.950. The lowest BCUT2D eigenvalue weighted by molar-refractivity contribution is -0.156. The molecule has 0 bridgehead atoms. The minimum atomic E-state index is -0.965. The van der Waals surface area contributed by atoms with Crippen LogP contribution in [0.3, 0.4) is 0 Å². The summed E-state index contributed by atoms with van der Waals surface area (Å²) in [6.07, 6.45) is 1.32. The number of carbonyl (C=O) groups is 2. The van der Waals surface area contributed by atoms with E-state index in [-0.39, 0.29) is 19.0 Å². The Hall–Kier alpha value is -1.14. The van der Waals surface area contributed by atoms with Crippen molar-refractivity contribution < 1.29 is 19.4 Å². The van der Waals surface area contributed by atoms with E-state index in [1.807, 2.05) is 4.90 Å². The van der Waals surface area contributed by atoms with E-state index < -0.39 is 12.1 Å². The number of hydrogen-bond acceptors (Lipinski definition) is 4. The Balaban J connectivity index is 1.75. The molecule has 2 N–H and O–H groups in total. The second kappa shape index (κ2) is 4.80. The molecule has 1 amide bonds. The smallest absolute Gasteiger partial charge is 0.334 e. The third kappa shape index (κ3) is 3.18. The van der Waals surface area contributed by atoms with Crippen LogP contribution in [0.15, 0.2) is 0 Å². The van der Waals surface area contributed by atoms with Crippen LogP contribution in [0.2, 0.25) is 0 Å². The second-order valence-electron chi connectivity index (χ2n) is 4.27. The van der Waals surface area contributed by atoms with Gasteiger partial charge in [0.05, 0.1) is 13.2 Å². The lowest BCUT2D eigenvalue weighted by Gasteiger charge is -2.30. The highest BCUT2D eigenvalue weighted by atomic mass is 16.5. The van der Waals surface area contributed by atoms with Crippen LogP contribution >= 0.6 is 0 Å². The number of carboxylic acid groups (broad SMARTS) is 1. The van der Waals surface area contributed by atoms with E-state index >= 15 is 0 Å². The van der Waals surface area contributed by atoms with Crippen molar-refractivity contribution in [2.24, 2.45) is 0 Å². The van der Waals surface area contributed by atoms with E-state index in [9.17, 15) is 9.59 Å². The number of amides is 1. The largest absolute Gasteiger partial charge is 0.479 e. The molecule has 1 aliphatic carbocycles. The maximum Gasteiger partial charge on any atom is 0.334 e. The lowest BCUT2D eigenvalue weighted by atomic mass is 10.2. The second-order valence-corrected chi connectivity index (χ2v) is 4.27. The Bertz CT molecular complexity index is 291. The summed E-state index contributed by atoms with van der Waals surface area (Å²) in [6, 6.07) is 0.351. The molecule has 1 heterocycles. The predicted molar refractivity (Wildman–Crippen MR) is 55.0 cm³/mol. The number of aliphatic carboxylic acids is 1. The molecule has 1 atom stereocenters. The minimum absolute atomic E-state index is 0.0199. The molecule has 0 aromatic heterocycles. The van der Waals surface area contributed by atoms with Gasteiger partial charge in [-0.2, -0.15) is 0 Å². The normalized spacial score (nSPS) is 26.4. The molecule has 90 valence electrons. The highest BCUT2D eigenvalue weighted by molar-refractivity contribution is 5.79. The van der Waals surface area contributed by atoms with Gasteiger partial charge >= 0.3 is 5.97 Å². The summed E-state index contributed by atoms with van der Waals surface area (Å²) in [7, 11) is 0. The molecule has 2 fully saturated rings. The van der Waals surface area contributed by atoms with E-state index in [0.29, 0.717) is 19.2 Å². The molecule has 16 heavy (non-hydrogen) atoms. The maximum atomic E-state index is 11.5. The van der Waals surface area contributed by atoms with Crippen molar-refractivity contribution in [3.8, 4) is 0 Å². The lowest BCUT2D eigenvalue weighted by Crippen LogP contribution is -2.49. The van der Waals surface area contributed by atoms with Crippen LogP contribution in [0.4, 0.5) is 0 Å². The Morgan fingerprint density at radius 2 is 2.19 bits per heavy atom. The first-order chi connectivity index (χ1) is 7.65. The number of nitrogens with one attached hydrogen (secondary N) is 1. The third-order valence-electron chi connectivity index (χ3n) is 2.74. The summed E-state index contributed by atoms with van der Waals surface area (Å²) < 4.78 is 5.07. The van der Waals surface area contributed by atoms with Crippen molar-refractivity contribution in [1.82, 2.24) is 10.2 Å². The van der Waals surface area contributed by atoms with Gasteiger partial charge in [-0.15, -0.1) is 0 Å². The van der Waals surface area contributed by atoms with Crippen LogP contribution in [-0.2, 0) is 14.3 Å². The van der Waals surface area contributed by atoms with Gasteiger partial charge in [-0.25, -0.2) is 4.79 Å². The van der Waals surface area contributed by atoms with Crippen LogP contribution in [-0.4, -0.2) is 60.3 Å². The quantitative estimate of drug-likeness (QED) is 0.648. The van der Waals surface area contributed by atoms with Crippen LogP contribution in [0.1, 0.15) is 12.8 Å². The molecule has 6 nitrogen and oxygen atoms in total. The number of carboxylic acids is 1. The molecule has 0 spiro atoms. The molecule has 0 radical (unpaired) electrons. The van der Waals surface area contributed by atoms with Gasteiger partial charge < -0.3 is 15.2 Å². The highest BCUT2D eigenvalue weighted by Crippen LogP contribution is 2.18. The molecule has 2 aliphatic rings. The zero-order valence-corrected chi connectivity index (χ0v) is 9.02. The first-order valence-electron chi connectivity index (χ1n) is 5.51. The summed E-state index contributed by atoms with van der Waals surface area (Å²) in [5, 5.41) is 11.7. The van der Waals surface area contributed by atoms with Gasteiger partial charge in [0.1, 0.15) is 0 Å². The molecular formula is C10H16N2O4. The number of hydrogen-bond donors (Lipinski definition) is 2. The van der Waals surface area contributed by atoms with E-state index in [4.69, 9.17) is 9.84 Å². The molecule has 1 saturated carbocycles. The fraction of sp³-hybridized carbons (Fsp3) is 0.800. The molecule has 6 heteroatoms. The molecule has 0 aromatic rings. The third-order valence-corrected chi connectivity index (χ3v) is 2.74. The Morgan fingerprint density at radius 3 is 2.81 bits per heavy atom. The van der Waals surface area contributed by atoms with Crippen molar-refractivity contribution >= 4 is 11.9 Å². The topological polar surface area (TPSA) is 78.9 Å². The number of ether oxygens (including phenoxy) is 1. The number of nitrogens with zero attached hydrogens (tertiary/aromatic N) is 1. The van der Waals surface area contributed by atoms with Gasteiger partial charge in [0.2, 0.25) is 5.91 Å². The summed E-state index contributed by atoms with van der Waals surface area (Å²) in [4.78, 5) is 24.0. The van der Waals surface area contributed by atoms with Gasteiger partial charge in [-0.3, -0.25) is 9.69 Å². The monoisotopic (exact) mass is 228 g/mol. The summed E-state index contributed by atoms with van der Waals surface area (Å²) in [5.41, 5.74) is 0. The van der Waals surface area contributed by atoms with Gasteiger partial charge in [0.25, 0.3) is 0 Å². The molecular weight excluding hydrogens is 212 g/mol. The van der Waals surface area contributed by atoms with E-state index in [0.717, 1.165) is 12.8 Å². The summed E-state index contributed by atoms with van der Waals surface area (Å²) in [6.45, 7) is 1.53. The van der Waals surface area contributed by atoms with Gasteiger partial charge in [0, 0.05) is 19.1 Å². The van der Waals surface area contributed by atoms with Gasteiger partial charge in [-0.1, -0.05) is 0 Å². The molecule has 2 rings (SSSR count). The number of morpholine rings is 1. The average molecular weight is 228 g/mol. The van der Waals surface area contributed by atoms with E-state index in [2.05, 4.69) is 5.32 Å². The first-order valence-corrected chi connectivity index (χ1v) is 5.51. The van der Waals surface area contributed by atoms with Crippen molar-refractivity contribution in [3.63, 3.8) is 0 Å². The minimum Gasteiger partial charge on any atom is -0.479 e. The fourth-order valence-electron chi connectivity index (χ4n) is 1.70. The molecule has 0 aromatic carbocycles. The Kier molecular flexibility index (Phi) is 3.40. The van der Waals surface area contributed by atoms with E-state index in [1.54, 1.807) is 0 Å². The first kappa shape index (κ1) is 11.3. The molecule has 1 saturated heterocycles. The van der Waals surface area contributed by atoms with Crippen molar-refractivity contribution in [3.05, 3.63) is 0 Å². The zero-order valence-electron chi connectivity index (χ0n) is 9.02. The van der Waals surface area contributed by atoms with Crippen LogP contribution in [0, 0.1) is 0 Å². The Labute approximate surface area is 93.6 Å². The highest BCUT2D eigenvalue weighted by Gasteiger charge is 2.28. The molecule has 1 aliphatic heterocycles. The standard InChI is InChI=1S/C10H16N2O4/c13-9(11-7-1-2-7)6-12-3-4-16-8(5-12)10(14)15/h7-8H,1-6H2,(H,11,13)(H,14,15). The van der Waals surface area contributed by atoms with Crippen LogP contribution < -0.4 is 5.32 Å². The van der Waals surface area contributed by atoms with Gasteiger partial charge in [0.15, 0.2) is 6.10 Å². The summed E-state index contributed by atoms with van der Waals surface area (Å²) in [5.74, 6) is -0.985. The fourth-order valence-corrected chi connectivity index (χ4v) is 1.70. The molecule has 1 unspecified atom stereocenters. The van der Waals surface area contributed by atoms with Gasteiger partial charge in [-0.05, 0) is 12.8 Å². The van der Waals surface area contributed by atoms with Crippen LogP contribution in [0.25, 0.3) is 0 Å². The van der Waals surface area contributed by atoms with Crippen LogP contribution in [0.5, 0.6) is 0 Å².